The number of nitrogens with zero attached hydrogens (tertiary/aromatic N) is 2. The smallest absolute Gasteiger partial charge is 0.312 e. The van der Waals surface area contributed by atoms with Gasteiger partial charge in [0.1, 0.15) is 12.4 Å². The third-order valence-electron chi connectivity index (χ3n) is 5.28. The minimum absolute atomic E-state index is 0.0333. The predicted molar refractivity (Wildman–Crippen MR) is 110 cm³/mol. The molecule has 1 saturated heterocycles. The number of hydrogen-bond donors (Lipinski definition) is 1. The van der Waals surface area contributed by atoms with Crippen LogP contribution in [0.2, 0.25) is 0 Å². The molecule has 2 aliphatic rings. The van der Waals surface area contributed by atoms with Crippen LogP contribution in [-0.2, 0) is 23.9 Å². The molecule has 2 aliphatic heterocycles. The Kier molecular flexibility index (Phi) is 5.41. The topological polar surface area (TPSA) is 96.0 Å². The van der Waals surface area contributed by atoms with Gasteiger partial charge in [-0.25, -0.2) is 4.39 Å². The van der Waals surface area contributed by atoms with Crippen LogP contribution >= 0.6 is 0 Å². The van der Waals surface area contributed by atoms with Crippen molar-refractivity contribution < 1.29 is 28.3 Å². The maximum atomic E-state index is 14.0. The van der Waals surface area contributed by atoms with E-state index in [9.17, 15) is 23.6 Å². The Morgan fingerprint density at radius 3 is 2.52 bits per heavy atom. The van der Waals surface area contributed by atoms with Gasteiger partial charge >= 0.3 is 5.97 Å². The van der Waals surface area contributed by atoms with Crippen LogP contribution in [0.4, 0.5) is 21.5 Å². The van der Waals surface area contributed by atoms with E-state index in [0.29, 0.717) is 11.4 Å². The molecular formula is C22H20FN3O5. The third kappa shape index (κ3) is 3.98. The minimum Gasteiger partial charge on any atom is -0.452 e. The zero-order valence-electron chi connectivity index (χ0n) is 16.7. The second kappa shape index (κ2) is 8.17. The first-order valence-corrected chi connectivity index (χ1v) is 9.81. The van der Waals surface area contributed by atoms with Gasteiger partial charge in [-0.05, 0) is 31.2 Å². The van der Waals surface area contributed by atoms with Crippen molar-refractivity contribution in [2.24, 2.45) is 5.92 Å². The largest absolute Gasteiger partial charge is 0.452 e. The van der Waals surface area contributed by atoms with Crippen molar-refractivity contribution in [3.8, 4) is 0 Å². The Hall–Kier alpha value is -3.75. The molecule has 0 bridgehead atoms. The van der Waals surface area contributed by atoms with Crippen LogP contribution in [0.3, 0.4) is 0 Å². The summed E-state index contributed by atoms with van der Waals surface area (Å²) in [5.41, 5.74) is 1.10. The third-order valence-corrected chi connectivity index (χ3v) is 5.28. The van der Waals surface area contributed by atoms with Crippen molar-refractivity contribution in [1.29, 1.82) is 0 Å². The summed E-state index contributed by atoms with van der Waals surface area (Å²) in [6.07, 6.45) is -1.30. The monoisotopic (exact) mass is 425 g/mol. The average Bonchev–Trinajstić information content (AvgIpc) is 3.14. The summed E-state index contributed by atoms with van der Waals surface area (Å²) in [7, 11) is 0. The van der Waals surface area contributed by atoms with Gasteiger partial charge in [0.05, 0.1) is 23.0 Å². The van der Waals surface area contributed by atoms with Gasteiger partial charge in [-0.1, -0.05) is 24.3 Å². The fourth-order valence-electron chi connectivity index (χ4n) is 3.74. The van der Waals surface area contributed by atoms with E-state index in [1.807, 2.05) is 0 Å². The Labute approximate surface area is 177 Å². The Morgan fingerprint density at radius 1 is 1.10 bits per heavy atom. The van der Waals surface area contributed by atoms with Gasteiger partial charge in [0, 0.05) is 13.0 Å². The summed E-state index contributed by atoms with van der Waals surface area (Å²) in [5, 5.41) is 2.68. The molecule has 160 valence electrons. The van der Waals surface area contributed by atoms with Crippen molar-refractivity contribution in [2.45, 2.75) is 19.4 Å². The number of benzene rings is 2. The van der Waals surface area contributed by atoms with Gasteiger partial charge in [0.2, 0.25) is 11.8 Å². The van der Waals surface area contributed by atoms with E-state index in [4.69, 9.17) is 4.74 Å². The summed E-state index contributed by atoms with van der Waals surface area (Å²) in [6, 6.07) is 12.6. The van der Waals surface area contributed by atoms with Crippen molar-refractivity contribution in [3.63, 3.8) is 0 Å². The van der Waals surface area contributed by atoms with Crippen LogP contribution in [0, 0.1) is 11.7 Å². The summed E-state index contributed by atoms with van der Waals surface area (Å²) in [5.74, 6) is -3.40. The number of carbonyl (C=O) groups excluding carboxylic acids is 4. The highest BCUT2D eigenvalue weighted by Crippen LogP contribution is 2.31. The molecule has 1 N–H and O–H groups in total. The van der Waals surface area contributed by atoms with Gasteiger partial charge < -0.3 is 15.0 Å². The van der Waals surface area contributed by atoms with E-state index < -0.39 is 35.6 Å². The Balaban J connectivity index is 1.43. The van der Waals surface area contributed by atoms with Gasteiger partial charge in [-0.3, -0.25) is 24.1 Å². The molecule has 9 heteroatoms. The number of esters is 1. The lowest BCUT2D eigenvalue weighted by Crippen LogP contribution is -2.47. The number of rotatable bonds is 4. The fourth-order valence-corrected chi connectivity index (χ4v) is 3.74. The highest BCUT2D eigenvalue weighted by atomic mass is 19.1. The van der Waals surface area contributed by atoms with E-state index in [0.717, 1.165) is 0 Å². The highest BCUT2D eigenvalue weighted by molar-refractivity contribution is 6.11. The Bertz CT molecular complexity index is 1070. The van der Waals surface area contributed by atoms with E-state index in [1.165, 1.54) is 34.9 Å². The lowest BCUT2D eigenvalue weighted by atomic mass is 10.1. The van der Waals surface area contributed by atoms with Crippen LogP contribution < -0.4 is 15.1 Å². The van der Waals surface area contributed by atoms with Gasteiger partial charge in [-0.15, -0.1) is 0 Å². The summed E-state index contributed by atoms with van der Waals surface area (Å²) >= 11 is 0. The molecule has 2 heterocycles. The van der Waals surface area contributed by atoms with Crippen LogP contribution in [0.1, 0.15) is 13.3 Å². The number of hydrogen-bond acceptors (Lipinski definition) is 5. The molecule has 3 amide bonds. The molecule has 4 rings (SSSR count). The normalized spacial score (nSPS) is 19.0. The lowest BCUT2D eigenvalue weighted by molar-refractivity contribution is -0.157. The number of carbonyl (C=O) groups is 4. The van der Waals surface area contributed by atoms with Gasteiger partial charge in [-0.2, -0.15) is 0 Å². The first kappa shape index (κ1) is 20.5. The van der Waals surface area contributed by atoms with Gasteiger partial charge in [0.15, 0.2) is 6.10 Å². The molecule has 8 nitrogen and oxygen atoms in total. The molecule has 0 spiro atoms. The van der Waals surface area contributed by atoms with Crippen LogP contribution in [-0.4, -0.2) is 42.9 Å². The second-order valence-electron chi connectivity index (χ2n) is 7.43. The first-order valence-electron chi connectivity index (χ1n) is 9.81. The first-order chi connectivity index (χ1) is 14.8. The highest BCUT2D eigenvalue weighted by Gasteiger charge is 2.39. The maximum absolute atomic E-state index is 14.0. The molecule has 2 aromatic carbocycles. The molecule has 0 unspecified atom stereocenters. The number of nitrogens with one attached hydrogen (secondary N) is 1. The zero-order valence-corrected chi connectivity index (χ0v) is 16.7. The minimum atomic E-state index is -1.16. The maximum Gasteiger partial charge on any atom is 0.312 e. The summed E-state index contributed by atoms with van der Waals surface area (Å²) in [4.78, 5) is 52.2. The SMILES string of the molecule is C[C@H](OC(=O)[C@@H]1CC(=O)N(c2ccccc2F)C1)C(=O)N1CC(=O)Nc2ccccc21. The molecule has 2 atom stereocenters. The standard InChI is InChI=1S/C22H20FN3O5/c1-13(21(29)26-12-19(27)24-16-7-3-5-9-18(16)26)31-22(30)14-10-20(28)25(11-14)17-8-4-2-6-15(17)23/h2-9,13-14H,10-12H2,1H3,(H,24,27)/t13-,14+/m0/s1. The van der Waals surface area contributed by atoms with E-state index in [2.05, 4.69) is 5.32 Å². The number of para-hydroxylation sites is 3. The van der Waals surface area contributed by atoms with Crippen molar-refractivity contribution in [2.75, 3.05) is 28.2 Å². The van der Waals surface area contributed by atoms with Crippen molar-refractivity contribution >= 4 is 40.8 Å². The second-order valence-corrected chi connectivity index (χ2v) is 7.43. The lowest BCUT2D eigenvalue weighted by Gasteiger charge is -2.31. The molecule has 31 heavy (non-hydrogen) atoms. The number of fused-ring (bicyclic) bond motifs is 1. The van der Waals surface area contributed by atoms with E-state index in [1.54, 1.807) is 30.3 Å². The molecular weight excluding hydrogens is 405 g/mol. The predicted octanol–water partition coefficient (Wildman–Crippen LogP) is 2.10. The Morgan fingerprint density at radius 2 is 1.77 bits per heavy atom. The molecule has 0 radical (unpaired) electrons. The average molecular weight is 425 g/mol. The molecule has 1 fully saturated rings. The quantitative estimate of drug-likeness (QED) is 0.757. The van der Waals surface area contributed by atoms with E-state index in [-0.39, 0.29) is 31.1 Å². The number of amides is 3. The van der Waals surface area contributed by atoms with Crippen LogP contribution in [0.15, 0.2) is 48.5 Å². The number of anilines is 3. The van der Waals surface area contributed by atoms with Crippen molar-refractivity contribution in [1.82, 2.24) is 0 Å². The summed E-state index contributed by atoms with van der Waals surface area (Å²) < 4.78 is 19.4. The van der Waals surface area contributed by atoms with Crippen LogP contribution in [0.25, 0.3) is 0 Å². The molecule has 2 aromatic rings. The molecule has 0 aliphatic carbocycles. The van der Waals surface area contributed by atoms with Gasteiger partial charge in [0.25, 0.3) is 5.91 Å². The number of halogens is 1. The zero-order chi connectivity index (χ0) is 22.1. The summed E-state index contributed by atoms with van der Waals surface area (Å²) in [6.45, 7) is 1.19. The fraction of sp³-hybridized carbons (Fsp3) is 0.273. The van der Waals surface area contributed by atoms with Crippen molar-refractivity contribution in [3.05, 3.63) is 54.3 Å². The van der Waals surface area contributed by atoms with E-state index >= 15 is 0 Å². The molecule has 0 saturated carbocycles. The number of ether oxygens (including phenoxy) is 1. The molecule has 0 aromatic heterocycles. The van der Waals surface area contributed by atoms with Crippen LogP contribution in [0.5, 0.6) is 0 Å².